The van der Waals surface area contributed by atoms with Gasteiger partial charge in [-0.2, -0.15) is 0 Å². The second-order valence-corrected chi connectivity index (χ2v) is 7.68. The van der Waals surface area contributed by atoms with Crippen LogP contribution in [0.1, 0.15) is 16.7 Å². The van der Waals surface area contributed by atoms with Crippen LogP contribution in [0.2, 0.25) is 10.0 Å². The molecule has 0 atom stereocenters. The van der Waals surface area contributed by atoms with Crippen LogP contribution in [0.25, 0.3) is 0 Å². The maximum Gasteiger partial charge on any atom is 0.322 e. The molecule has 29 heavy (non-hydrogen) atoms. The standard InChI is InChI=1S/C23H21Cl2FN2O/c1-16-3-2-4-21(13-16)27-23(29)28(15-17-5-9-20(26)10-6-17)12-11-18-7-8-19(24)14-22(18)25/h2-10,13-14H,11-12,15H2,1H3,(H,27,29). The molecule has 0 heterocycles. The van der Waals surface area contributed by atoms with Crippen molar-refractivity contribution in [1.29, 1.82) is 0 Å². The third kappa shape index (κ3) is 6.21. The van der Waals surface area contributed by atoms with Gasteiger partial charge in [0.05, 0.1) is 0 Å². The van der Waals surface area contributed by atoms with Gasteiger partial charge < -0.3 is 10.2 Å². The lowest BCUT2D eigenvalue weighted by Crippen LogP contribution is -2.36. The lowest BCUT2D eigenvalue weighted by Gasteiger charge is -2.24. The van der Waals surface area contributed by atoms with E-state index in [1.807, 2.05) is 37.3 Å². The van der Waals surface area contributed by atoms with Crippen LogP contribution in [0.15, 0.2) is 66.7 Å². The average Bonchev–Trinajstić information content (AvgIpc) is 2.67. The third-order valence-corrected chi connectivity index (χ3v) is 5.10. The normalized spacial score (nSPS) is 10.6. The topological polar surface area (TPSA) is 32.3 Å². The van der Waals surface area contributed by atoms with Gasteiger partial charge in [0.15, 0.2) is 0 Å². The van der Waals surface area contributed by atoms with Gasteiger partial charge in [-0.15, -0.1) is 0 Å². The van der Waals surface area contributed by atoms with Crippen LogP contribution in [0.4, 0.5) is 14.9 Å². The first-order valence-electron chi connectivity index (χ1n) is 9.22. The average molecular weight is 431 g/mol. The number of hydrogen-bond donors (Lipinski definition) is 1. The van der Waals surface area contributed by atoms with Crippen LogP contribution in [0.5, 0.6) is 0 Å². The molecule has 0 bridgehead atoms. The summed E-state index contributed by atoms with van der Waals surface area (Å²) in [6.07, 6.45) is 0.568. The Labute approximate surface area is 180 Å². The van der Waals surface area contributed by atoms with Crippen molar-refractivity contribution in [2.75, 3.05) is 11.9 Å². The van der Waals surface area contributed by atoms with Gasteiger partial charge in [-0.05, 0) is 66.4 Å². The van der Waals surface area contributed by atoms with Crippen LogP contribution in [-0.2, 0) is 13.0 Å². The number of hydrogen-bond acceptors (Lipinski definition) is 1. The van der Waals surface area contributed by atoms with E-state index in [2.05, 4.69) is 5.32 Å². The summed E-state index contributed by atoms with van der Waals surface area (Å²) in [4.78, 5) is 14.6. The molecule has 2 amide bonds. The maximum absolute atomic E-state index is 13.2. The number of anilines is 1. The highest BCUT2D eigenvalue weighted by Gasteiger charge is 2.15. The molecule has 3 aromatic rings. The first-order valence-corrected chi connectivity index (χ1v) is 9.97. The van der Waals surface area contributed by atoms with Crippen LogP contribution in [-0.4, -0.2) is 17.5 Å². The molecule has 0 saturated heterocycles. The molecule has 0 aliphatic heterocycles. The minimum Gasteiger partial charge on any atom is -0.320 e. The zero-order chi connectivity index (χ0) is 20.8. The zero-order valence-electron chi connectivity index (χ0n) is 16.0. The molecule has 0 radical (unpaired) electrons. The van der Waals surface area contributed by atoms with E-state index >= 15 is 0 Å². The van der Waals surface area contributed by atoms with E-state index in [1.54, 1.807) is 29.2 Å². The fourth-order valence-electron chi connectivity index (χ4n) is 2.97. The van der Waals surface area contributed by atoms with Gasteiger partial charge in [-0.3, -0.25) is 0 Å². The Morgan fingerprint density at radius 2 is 1.79 bits per heavy atom. The van der Waals surface area contributed by atoms with Crippen molar-refractivity contribution < 1.29 is 9.18 Å². The van der Waals surface area contributed by atoms with E-state index in [1.165, 1.54) is 12.1 Å². The molecule has 150 valence electrons. The molecule has 0 aliphatic rings. The fraction of sp³-hybridized carbons (Fsp3) is 0.174. The molecular formula is C23H21Cl2FN2O. The first kappa shape index (κ1) is 21.2. The first-order chi connectivity index (χ1) is 13.9. The number of nitrogens with zero attached hydrogens (tertiary/aromatic N) is 1. The van der Waals surface area contributed by atoms with E-state index in [0.717, 1.165) is 22.4 Å². The number of urea groups is 1. The van der Waals surface area contributed by atoms with Gasteiger partial charge in [0.25, 0.3) is 0 Å². The Bertz CT molecular complexity index is 992. The number of carbonyl (C=O) groups is 1. The number of halogens is 3. The quantitative estimate of drug-likeness (QED) is 0.462. The highest BCUT2D eigenvalue weighted by molar-refractivity contribution is 6.35. The summed E-state index contributed by atoms with van der Waals surface area (Å²) in [6.45, 7) is 2.76. The Morgan fingerprint density at radius 3 is 2.48 bits per heavy atom. The van der Waals surface area contributed by atoms with Crippen molar-refractivity contribution in [1.82, 2.24) is 4.90 Å². The smallest absolute Gasteiger partial charge is 0.320 e. The molecule has 1 N–H and O–H groups in total. The van der Waals surface area contributed by atoms with Crippen molar-refractivity contribution in [3.63, 3.8) is 0 Å². The molecule has 6 heteroatoms. The van der Waals surface area contributed by atoms with Gasteiger partial charge >= 0.3 is 6.03 Å². The van der Waals surface area contributed by atoms with Crippen LogP contribution < -0.4 is 5.32 Å². The van der Waals surface area contributed by atoms with Crippen LogP contribution in [0.3, 0.4) is 0 Å². The molecule has 0 aromatic heterocycles. The zero-order valence-corrected chi connectivity index (χ0v) is 17.5. The summed E-state index contributed by atoms with van der Waals surface area (Å²) in [5, 5.41) is 4.07. The molecule has 0 fully saturated rings. The Morgan fingerprint density at radius 1 is 1.03 bits per heavy atom. The number of nitrogens with one attached hydrogen (secondary N) is 1. The van der Waals surface area contributed by atoms with E-state index in [9.17, 15) is 9.18 Å². The minimum absolute atomic E-state index is 0.231. The molecule has 3 rings (SSSR count). The van der Waals surface area contributed by atoms with Crippen molar-refractivity contribution >= 4 is 34.9 Å². The lowest BCUT2D eigenvalue weighted by molar-refractivity contribution is 0.210. The summed E-state index contributed by atoms with van der Waals surface area (Å²) >= 11 is 12.2. The van der Waals surface area contributed by atoms with Crippen LogP contribution in [0, 0.1) is 12.7 Å². The second-order valence-electron chi connectivity index (χ2n) is 6.83. The van der Waals surface area contributed by atoms with E-state index in [0.29, 0.717) is 29.6 Å². The van der Waals surface area contributed by atoms with Crippen molar-refractivity contribution in [3.05, 3.63) is 99.3 Å². The number of amides is 2. The molecule has 0 saturated carbocycles. The van der Waals surface area contributed by atoms with Gasteiger partial charge in [0, 0.05) is 28.8 Å². The SMILES string of the molecule is Cc1cccc(NC(=O)N(CCc2ccc(Cl)cc2Cl)Cc2ccc(F)cc2)c1. The molecule has 0 aliphatic carbocycles. The number of aryl methyl sites for hydroxylation is 1. The van der Waals surface area contributed by atoms with E-state index < -0.39 is 0 Å². The summed E-state index contributed by atoms with van der Waals surface area (Å²) < 4.78 is 13.2. The summed E-state index contributed by atoms with van der Waals surface area (Å²) in [5.74, 6) is -0.308. The van der Waals surface area contributed by atoms with Gasteiger partial charge in [0.2, 0.25) is 0 Å². The predicted octanol–water partition coefficient (Wildman–Crippen LogP) is 6.72. The minimum atomic E-state index is -0.308. The van der Waals surface area contributed by atoms with E-state index in [-0.39, 0.29) is 11.8 Å². The highest BCUT2D eigenvalue weighted by Crippen LogP contribution is 2.22. The monoisotopic (exact) mass is 430 g/mol. The van der Waals surface area contributed by atoms with Crippen LogP contribution >= 0.6 is 23.2 Å². The van der Waals surface area contributed by atoms with Crippen molar-refractivity contribution in [3.8, 4) is 0 Å². The largest absolute Gasteiger partial charge is 0.322 e. The molecule has 3 aromatic carbocycles. The Kier molecular flexibility index (Phi) is 7.13. The number of carbonyl (C=O) groups excluding carboxylic acids is 1. The maximum atomic E-state index is 13.2. The number of benzene rings is 3. The fourth-order valence-corrected chi connectivity index (χ4v) is 3.47. The van der Waals surface area contributed by atoms with Crippen molar-refractivity contribution in [2.45, 2.75) is 19.9 Å². The third-order valence-electron chi connectivity index (χ3n) is 4.51. The Hall–Kier alpha value is -2.56. The van der Waals surface area contributed by atoms with Gasteiger partial charge in [0.1, 0.15) is 5.82 Å². The summed E-state index contributed by atoms with van der Waals surface area (Å²) in [6, 6.07) is 18.8. The summed E-state index contributed by atoms with van der Waals surface area (Å²) in [5.41, 5.74) is 3.53. The lowest BCUT2D eigenvalue weighted by atomic mass is 10.1. The van der Waals surface area contributed by atoms with E-state index in [4.69, 9.17) is 23.2 Å². The molecule has 3 nitrogen and oxygen atoms in total. The highest BCUT2D eigenvalue weighted by atomic mass is 35.5. The van der Waals surface area contributed by atoms with Crippen molar-refractivity contribution in [2.24, 2.45) is 0 Å². The predicted molar refractivity (Wildman–Crippen MR) is 117 cm³/mol. The number of rotatable bonds is 6. The second kappa shape index (κ2) is 9.77. The van der Waals surface area contributed by atoms with Gasteiger partial charge in [-0.25, -0.2) is 9.18 Å². The Balaban J connectivity index is 1.76. The molecule has 0 spiro atoms. The molecular weight excluding hydrogens is 410 g/mol. The molecule has 0 unspecified atom stereocenters. The van der Waals surface area contributed by atoms with Gasteiger partial charge in [-0.1, -0.05) is 53.5 Å². The summed E-state index contributed by atoms with van der Waals surface area (Å²) in [7, 11) is 0.